The summed E-state index contributed by atoms with van der Waals surface area (Å²) in [4.78, 5) is 54.2. The lowest BCUT2D eigenvalue weighted by atomic mass is 9.72. The van der Waals surface area contributed by atoms with E-state index in [9.17, 15) is 24.5 Å². The number of carbonyl (C=O) groups is 3. The molecule has 0 aromatic heterocycles. The van der Waals surface area contributed by atoms with Crippen LogP contribution in [0.15, 0.2) is 77.3 Å². The predicted molar refractivity (Wildman–Crippen MR) is 183 cm³/mol. The normalized spacial score (nSPS) is 17.7. The lowest BCUT2D eigenvalue weighted by Gasteiger charge is -2.40. The number of nitro benzene ring substituents is 1. The highest BCUT2D eigenvalue weighted by Gasteiger charge is 2.44. The molecule has 0 radical (unpaired) electrons. The number of esters is 2. The highest BCUT2D eigenvalue weighted by molar-refractivity contribution is 5.93. The minimum Gasteiger partial charge on any atom is -0.466 e. The molecule has 13 nitrogen and oxygen atoms in total. The Balaban J connectivity index is 1.60. The van der Waals surface area contributed by atoms with E-state index in [-0.39, 0.29) is 24.9 Å². The molecule has 1 amide bonds. The average Bonchev–Trinajstić information content (AvgIpc) is 3.13. The highest BCUT2D eigenvalue weighted by atomic mass is 16.6. The molecule has 1 unspecified atom stereocenters. The first-order valence-electron chi connectivity index (χ1n) is 16.7. The van der Waals surface area contributed by atoms with E-state index in [2.05, 4.69) is 10.2 Å². The van der Waals surface area contributed by atoms with Crippen LogP contribution in [-0.4, -0.2) is 92.7 Å². The van der Waals surface area contributed by atoms with Crippen molar-refractivity contribution in [3.8, 4) is 0 Å². The Labute approximate surface area is 287 Å². The van der Waals surface area contributed by atoms with Crippen LogP contribution < -0.4 is 11.1 Å². The van der Waals surface area contributed by atoms with E-state index in [0.717, 1.165) is 12.0 Å². The van der Waals surface area contributed by atoms with Gasteiger partial charge in [-0.15, -0.1) is 0 Å². The number of nitro groups is 1. The molecule has 0 saturated carbocycles. The van der Waals surface area contributed by atoms with Crippen molar-refractivity contribution in [1.82, 2.24) is 15.1 Å². The third-order valence-electron chi connectivity index (χ3n) is 9.22. The van der Waals surface area contributed by atoms with Gasteiger partial charge >= 0.3 is 11.9 Å². The van der Waals surface area contributed by atoms with E-state index in [1.54, 1.807) is 17.0 Å². The molecule has 0 bridgehead atoms. The molecule has 3 N–H and O–H groups in total. The zero-order valence-corrected chi connectivity index (χ0v) is 28.5. The van der Waals surface area contributed by atoms with Crippen LogP contribution in [0.3, 0.4) is 0 Å². The van der Waals surface area contributed by atoms with Crippen LogP contribution in [0.25, 0.3) is 0 Å². The zero-order chi connectivity index (χ0) is 35.4. The Morgan fingerprint density at radius 3 is 2.37 bits per heavy atom. The third kappa shape index (κ3) is 8.53. The molecule has 2 aliphatic rings. The second-order valence-corrected chi connectivity index (χ2v) is 12.0. The van der Waals surface area contributed by atoms with Crippen molar-refractivity contribution >= 4 is 24.0 Å². The molecule has 2 aliphatic heterocycles. The molecule has 2 aromatic carbocycles. The van der Waals surface area contributed by atoms with Crippen LogP contribution >= 0.6 is 0 Å². The number of ether oxygens (including phenoxy) is 3. The van der Waals surface area contributed by atoms with Gasteiger partial charge in [-0.2, -0.15) is 0 Å². The van der Waals surface area contributed by atoms with Gasteiger partial charge in [0, 0.05) is 30.9 Å². The maximum Gasteiger partial charge on any atom is 0.336 e. The van der Waals surface area contributed by atoms with Crippen LogP contribution in [0.4, 0.5) is 5.69 Å². The number of non-ortho nitro benzene ring substituents is 1. The predicted octanol–water partition coefficient (Wildman–Crippen LogP) is 3.75. The Bertz CT molecular complexity index is 1520. The van der Waals surface area contributed by atoms with Crippen molar-refractivity contribution in [2.75, 3.05) is 59.7 Å². The summed E-state index contributed by atoms with van der Waals surface area (Å²) in [7, 11) is 1.29. The Hall–Kier alpha value is -4.59. The van der Waals surface area contributed by atoms with E-state index in [0.29, 0.717) is 93.2 Å². The molecule has 13 heteroatoms. The first-order chi connectivity index (χ1) is 23.7. The van der Waals surface area contributed by atoms with Crippen molar-refractivity contribution in [2.45, 2.75) is 50.9 Å². The van der Waals surface area contributed by atoms with Gasteiger partial charge in [-0.1, -0.05) is 49.4 Å². The van der Waals surface area contributed by atoms with Gasteiger partial charge in [0.15, 0.2) is 0 Å². The number of amides is 1. The summed E-state index contributed by atoms with van der Waals surface area (Å²) in [6, 6.07) is 15.7. The number of allylic oxidation sites excluding steroid dienone is 2. The Morgan fingerprint density at radius 2 is 1.80 bits per heavy atom. The van der Waals surface area contributed by atoms with E-state index in [1.165, 1.54) is 19.2 Å². The molecule has 0 spiro atoms. The molecule has 2 heterocycles. The van der Waals surface area contributed by atoms with Gasteiger partial charge in [0.2, 0.25) is 6.41 Å². The Morgan fingerprint density at radius 1 is 1.10 bits per heavy atom. The number of hydrogen-bond acceptors (Lipinski definition) is 11. The second-order valence-electron chi connectivity index (χ2n) is 12.0. The largest absolute Gasteiger partial charge is 0.466 e. The zero-order valence-electron chi connectivity index (χ0n) is 28.5. The number of dihydropyridines is 1. The van der Waals surface area contributed by atoms with Crippen LogP contribution in [0.1, 0.15) is 56.6 Å². The molecule has 1 atom stereocenters. The number of nitrogens with zero attached hydrogens (tertiary/aromatic N) is 3. The smallest absolute Gasteiger partial charge is 0.336 e. The van der Waals surface area contributed by atoms with E-state index in [4.69, 9.17) is 19.9 Å². The quantitative estimate of drug-likeness (QED) is 0.0823. The van der Waals surface area contributed by atoms with Crippen LogP contribution in [0.5, 0.6) is 0 Å². The van der Waals surface area contributed by atoms with Crippen LogP contribution in [0, 0.1) is 10.1 Å². The summed E-state index contributed by atoms with van der Waals surface area (Å²) in [5.74, 6) is -1.54. The molecular weight excluding hydrogens is 630 g/mol. The van der Waals surface area contributed by atoms with Crippen molar-refractivity contribution in [3.63, 3.8) is 0 Å². The molecule has 1 fully saturated rings. The van der Waals surface area contributed by atoms with E-state index in [1.807, 2.05) is 44.2 Å². The summed E-state index contributed by atoms with van der Waals surface area (Å²) in [5, 5.41) is 14.8. The lowest BCUT2D eigenvalue weighted by Crippen LogP contribution is -2.48. The highest BCUT2D eigenvalue weighted by Crippen LogP contribution is 2.42. The van der Waals surface area contributed by atoms with Gasteiger partial charge in [0.05, 0.1) is 60.2 Å². The molecule has 4 rings (SSSR count). The van der Waals surface area contributed by atoms with Crippen LogP contribution in [-0.2, 0) is 34.0 Å². The third-order valence-corrected chi connectivity index (χ3v) is 9.22. The summed E-state index contributed by atoms with van der Waals surface area (Å²) >= 11 is 0. The van der Waals surface area contributed by atoms with Crippen molar-refractivity contribution in [1.29, 1.82) is 0 Å². The van der Waals surface area contributed by atoms with Gasteiger partial charge < -0.3 is 35.1 Å². The fourth-order valence-corrected chi connectivity index (χ4v) is 6.74. The number of nitrogens with one attached hydrogen (secondary N) is 1. The number of piperidine rings is 1. The van der Waals surface area contributed by atoms with Crippen LogP contribution in [0.2, 0.25) is 0 Å². The van der Waals surface area contributed by atoms with Gasteiger partial charge in [-0.25, -0.2) is 4.79 Å². The first kappa shape index (κ1) is 37.2. The summed E-state index contributed by atoms with van der Waals surface area (Å²) in [6.45, 7) is 7.04. The van der Waals surface area contributed by atoms with E-state index < -0.39 is 22.2 Å². The van der Waals surface area contributed by atoms with Gasteiger partial charge in [0.25, 0.3) is 5.69 Å². The fraction of sp³-hybridized carbons (Fsp3) is 0.472. The minimum absolute atomic E-state index is 0.0953. The number of benzene rings is 2. The van der Waals surface area contributed by atoms with Crippen molar-refractivity contribution < 1.29 is 33.5 Å². The first-order valence-corrected chi connectivity index (χ1v) is 16.7. The number of nitrogens with two attached hydrogens (primary N) is 1. The molecule has 1 saturated heterocycles. The standard InChI is InChI=1S/C36H47N5O8/c1-4-29-32(34(43)47-3)31(26-12-14-28(15-13-26)41(45)46)33(30(38-29)24-48-23-18-37)40(25-42)20-9-19-39-21-16-36(17-22-39,35(44)49-5-2)27-10-7-6-8-11-27/h6-8,10-15,25,31,38H,4-5,9,16-24,37H2,1-3H3. The van der Waals surface area contributed by atoms with Gasteiger partial charge in [-0.05, 0) is 63.4 Å². The molecule has 2 aromatic rings. The van der Waals surface area contributed by atoms with Gasteiger partial charge in [-0.3, -0.25) is 19.7 Å². The maximum atomic E-state index is 13.3. The number of likely N-dealkylation sites (tertiary alicyclic amines) is 1. The number of rotatable bonds is 17. The number of methoxy groups -OCH3 is 1. The summed E-state index contributed by atoms with van der Waals surface area (Å²) < 4.78 is 16.6. The minimum atomic E-state index is -0.766. The lowest BCUT2D eigenvalue weighted by molar-refractivity contribution is -0.384. The summed E-state index contributed by atoms with van der Waals surface area (Å²) in [5.41, 5.74) is 8.45. The molecular formula is C36H47N5O8. The topological polar surface area (TPSA) is 167 Å². The SMILES string of the molecule is CCOC(=O)C1(c2ccccc2)CCN(CCCN(C=O)C2=C(COCCN)NC(CC)=C(C(=O)OC)C2c2ccc([N+](=O)[O-])cc2)CC1. The van der Waals surface area contributed by atoms with E-state index >= 15 is 0 Å². The monoisotopic (exact) mass is 677 g/mol. The Kier molecular flexibility index (Phi) is 13.5. The number of hydrogen-bond donors (Lipinski definition) is 2. The van der Waals surface area contributed by atoms with Crippen molar-refractivity contribution in [3.05, 3.63) is 98.5 Å². The number of carbonyl (C=O) groups excluding carboxylic acids is 3. The summed E-state index contributed by atoms with van der Waals surface area (Å²) in [6.07, 6.45) is 3.01. The second kappa shape index (κ2) is 17.7. The fourth-order valence-electron chi connectivity index (χ4n) is 6.74. The van der Waals surface area contributed by atoms with Crippen molar-refractivity contribution in [2.24, 2.45) is 5.73 Å². The maximum absolute atomic E-state index is 13.3. The molecule has 0 aliphatic carbocycles. The molecule has 264 valence electrons. The average molecular weight is 678 g/mol. The molecule has 49 heavy (non-hydrogen) atoms. The van der Waals surface area contributed by atoms with Gasteiger partial charge in [0.1, 0.15) is 0 Å².